The third-order valence-corrected chi connectivity index (χ3v) is 4.50. The second kappa shape index (κ2) is 5.31. The third-order valence-electron chi connectivity index (χ3n) is 4.50. The van der Waals surface area contributed by atoms with E-state index in [0.29, 0.717) is 6.61 Å². The number of carbonyl (C=O) groups is 2. The van der Waals surface area contributed by atoms with Gasteiger partial charge >= 0.3 is 11.9 Å². The number of carboxylic acid groups (broad SMARTS) is 2. The maximum Gasteiger partial charge on any atom is 0.336 e. The third kappa shape index (κ3) is 2.53. The average molecular weight is 287 g/mol. The minimum absolute atomic E-state index is 0.144. The van der Waals surface area contributed by atoms with Crippen LogP contribution in [0.25, 0.3) is 0 Å². The predicted molar refractivity (Wildman–Crippen MR) is 68.2 cm³/mol. The lowest BCUT2D eigenvalue weighted by Gasteiger charge is -2.35. The summed E-state index contributed by atoms with van der Waals surface area (Å²) < 4.78 is 11.4. The van der Waals surface area contributed by atoms with E-state index >= 15 is 0 Å². The Kier molecular flexibility index (Phi) is 4.04. The lowest BCUT2D eigenvalue weighted by atomic mass is 9.84. The molecule has 2 heterocycles. The number of hydrogen-bond acceptors (Lipinski definition) is 5. The van der Waals surface area contributed by atoms with Crippen LogP contribution in [0, 0.1) is 11.8 Å². The van der Waals surface area contributed by atoms with Crippen LogP contribution in [0.4, 0.5) is 0 Å². The van der Waals surface area contributed by atoms with Gasteiger partial charge in [-0.2, -0.15) is 0 Å². The van der Waals surface area contributed by atoms with Crippen molar-refractivity contribution in [1.82, 2.24) is 0 Å². The largest absolute Gasteiger partial charge is 0.480 e. The summed E-state index contributed by atoms with van der Waals surface area (Å²) in [5.74, 6) is -1.97. The van der Waals surface area contributed by atoms with E-state index in [-0.39, 0.29) is 36.9 Å². The first-order valence-electron chi connectivity index (χ1n) is 6.78. The molecule has 0 aromatic rings. The lowest BCUT2D eigenvalue weighted by molar-refractivity contribution is -0.174. The van der Waals surface area contributed by atoms with Gasteiger partial charge in [0, 0.05) is 19.4 Å². The van der Waals surface area contributed by atoms with Gasteiger partial charge in [-0.05, 0) is 11.8 Å². The molecule has 4 N–H and O–H groups in total. The van der Waals surface area contributed by atoms with Crippen molar-refractivity contribution in [3.63, 3.8) is 0 Å². The van der Waals surface area contributed by atoms with Crippen molar-refractivity contribution < 1.29 is 29.3 Å². The molecule has 6 atom stereocenters. The zero-order valence-corrected chi connectivity index (χ0v) is 11.6. The maximum absolute atomic E-state index is 11.6. The molecular weight excluding hydrogens is 266 g/mol. The van der Waals surface area contributed by atoms with Crippen LogP contribution < -0.4 is 5.73 Å². The highest BCUT2D eigenvalue weighted by atomic mass is 16.6. The highest BCUT2D eigenvalue weighted by Gasteiger charge is 2.56. The van der Waals surface area contributed by atoms with Crippen molar-refractivity contribution >= 4 is 11.9 Å². The number of ether oxygens (including phenoxy) is 2. The number of carboxylic acids is 2. The molecule has 2 fully saturated rings. The monoisotopic (exact) mass is 287 g/mol. The summed E-state index contributed by atoms with van der Waals surface area (Å²) in [5.41, 5.74) is 3.92. The Balaban J connectivity index is 2.20. The van der Waals surface area contributed by atoms with Gasteiger partial charge in [-0.1, -0.05) is 13.8 Å². The molecule has 7 heteroatoms. The molecule has 2 saturated heterocycles. The first-order chi connectivity index (χ1) is 9.27. The van der Waals surface area contributed by atoms with Crippen LogP contribution >= 0.6 is 0 Å². The van der Waals surface area contributed by atoms with Crippen LogP contribution in [0.3, 0.4) is 0 Å². The molecule has 0 amide bonds. The van der Waals surface area contributed by atoms with E-state index in [0.717, 1.165) is 0 Å². The van der Waals surface area contributed by atoms with E-state index in [1.165, 1.54) is 0 Å². The van der Waals surface area contributed by atoms with Gasteiger partial charge in [-0.15, -0.1) is 0 Å². The lowest BCUT2D eigenvalue weighted by Crippen LogP contribution is -2.47. The van der Waals surface area contributed by atoms with Crippen LogP contribution in [0.5, 0.6) is 0 Å². The van der Waals surface area contributed by atoms with Gasteiger partial charge < -0.3 is 25.4 Å². The van der Waals surface area contributed by atoms with Crippen LogP contribution in [0.1, 0.15) is 26.7 Å². The van der Waals surface area contributed by atoms with E-state index in [9.17, 15) is 14.7 Å². The topological polar surface area (TPSA) is 119 Å². The average Bonchev–Trinajstić information content (AvgIpc) is 2.74. The highest BCUT2D eigenvalue weighted by molar-refractivity contribution is 5.80. The van der Waals surface area contributed by atoms with Crippen LogP contribution in [-0.4, -0.2) is 52.6 Å². The number of fused-ring (bicyclic) bond motifs is 1. The first kappa shape index (κ1) is 15.2. The second-order valence-electron chi connectivity index (χ2n) is 5.94. The normalized spacial score (nSPS) is 42.0. The number of hydrogen-bond donors (Lipinski definition) is 3. The van der Waals surface area contributed by atoms with Crippen LogP contribution in [-0.2, 0) is 19.1 Å². The van der Waals surface area contributed by atoms with Crippen LogP contribution in [0.15, 0.2) is 0 Å². The van der Waals surface area contributed by atoms with E-state index in [4.69, 9.17) is 20.3 Å². The summed E-state index contributed by atoms with van der Waals surface area (Å²) in [6, 6.07) is -1.26. The molecule has 0 saturated carbocycles. The van der Waals surface area contributed by atoms with Gasteiger partial charge in [0.1, 0.15) is 6.04 Å². The highest BCUT2D eigenvalue weighted by Crippen LogP contribution is 2.43. The summed E-state index contributed by atoms with van der Waals surface area (Å²) in [5, 5.41) is 18.4. The van der Waals surface area contributed by atoms with Gasteiger partial charge in [0.25, 0.3) is 0 Å². The van der Waals surface area contributed by atoms with E-state index in [1.807, 2.05) is 13.8 Å². The molecule has 2 rings (SSSR count). The van der Waals surface area contributed by atoms with E-state index < -0.39 is 23.6 Å². The summed E-state index contributed by atoms with van der Waals surface area (Å²) in [6.07, 6.45) is -0.741. The van der Waals surface area contributed by atoms with Gasteiger partial charge in [-0.3, -0.25) is 4.79 Å². The number of aliphatic carboxylic acids is 2. The fraction of sp³-hybridized carbons (Fsp3) is 0.846. The molecular formula is C13H21NO6. The van der Waals surface area contributed by atoms with Crippen molar-refractivity contribution in [3.8, 4) is 0 Å². The molecule has 4 unspecified atom stereocenters. The molecule has 0 radical (unpaired) electrons. The van der Waals surface area contributed by atoms with Crippen molar-refractivity contribution in [1.29, 1.82) is 0 Å². The number of nitrogens with two attached hydrogens (primary N) is 1. The van der Waals surface area contributed by atoms with Gasteiger partial charge in [0.15, 0.2) is 5.60 Å². The minimum atomic E-state index is -1.56. The molecule has 2 aliphatic heterocycles. The summed E-state index contributed by atoms with van der Waals surface area (Å²) in [4.78, 5) is 22.5. The van der Waals surface area contributed by atoms with Crippen molar-refractivity contribution in [2.45, 2.75) is 50.5 Å². The van der Waals surface area contributed by atoms with E-state index in [1.54, 1.807) is 0 Å². The van der Waals surface area contributed by atoms with Gasteiger partial charge in [0.2, 0.25) is 0 Å². The molecule has 0 bridgehead atoms. The molecule has 0 spiro atoms. The van der Waals surface area contributed by atoms with Crippen LogP contribution in [0.2, 0.25) is 0 Å². The first-order valence-corrected chi connectivity index (χ1v) is 6.78. The predicted octanol–water partition coefficient (Wildman–Crippen LogP) is 0.0717. The molecule has 114 valence electrons. The van der Waals surface area contributed by atoms with E-state index in [2.05, 4.69) is 0 Å². The molecule has 7 nitrogen and oxygen atoms in total. The Morgan fingerprint density at radius 2 is 2.05 bits per heavy atom. The molecule has 0 aromatic carbocycles. The van der Waals surface area contributed by atoms with Crippen molar-refractivity contribution in [2.24, 2.45) is 17.6 Å². The smallest absolute Gasteiger partial charge is 0.336 e. The summed E-state index contributed by atoms with van der Waals surface area (Å²) in [7, 11) is 0. The Morgan fingerprint density at radius 3 is 2.60 bits per heavy atom. The second-order valence-corrected chi connectivity index (χ2v) is 5.94. The van der Waals surface area contributed by atoms with Gasteiger partial charge in [-0.25, -0.2) is 4.79 Å². The molecule has 20 heavy (non-hydrogen) atoms. The quantitative estimate of drug-likeness (QED) is 0.669. The Morgan fingerprint density at radius 1 is 1.40 bits per heavy atom. The SMILES string of the molecule is CC1COC2C[C@@](C[C@H](N)C(=O)O)(C(=O)O)OC2C1C. The van der Waals surface area contributed by atoms with Crippen molar-refractivity contribution in [2.75, 3.05) is 6.61 Å². The Labute approximate surface area is 117 Å². The zero-order valence-electron chi connectivity index (χ0n) is 11.6. The van der Waals surface area contributed by atoms with Gasteiger partial charge in [0.05, 0.1) is 12.2 Å². The van der Waals surface area contributed by atoms with Crippen molar-refractivity contribution in [3.05, 3.63) is 0 Å². The molecule has 2 aliphatic rings. The Bertz CT molecular complexity index is 414. The fourth-order valence-corrected chi connectivity index (χ4v) is 2.98. The zero-order chi connectivity index (χ0) is 15.1. The Hall–Kier alpha value is -1.18. The minimum Gasteiger partial charge on any atom is -0.480 e. The maximum atomic E-state index is 11.6. The molecule has 0 aliphatic carbocycles. The fourth-order valence-electron chi connectivity index (χ4n) is 2.98. The number of rotatable bonds is 4. The molecule has 0 aromatic heterocycles. The summed E-state index contributed by atoms with van der Waals surface area (Å²) in [6.45, 7) is 4.58. The summed E-state index contributed by atoms with van der Waals surface area (Å²) >= 11 is 0. The standard InChI is InChI=1S/C13H21NO6/c1-6-5-19-9-4-13(12(17)18,3-8(14)11(15)16)20-10(9)7(6)2/h6-10H,3-5,14H2,1-2H3,(H,15,16)(H,17,18)/t6?,7?,8-,9?,10?,13-/m0/s1.